The normalized spacial score (nSPS) is 20.5. The molecule has 2 aliphatic rings. The Hall–Kier alpha value is -0.640. The van der Waals surface area contributed by atoms with E-state index >= 15 is 0 Å². The van der Waals surface area contributed by atoms with Gasteiger partial charge < -0.3 is 0 Å². The Labute approximate surface area is 88.2 Å². The molecule has 1 aliphatic heterocycles. The summed E-state index contributed by atoms with van der Waals surface area (Å²) in [5.41, 5.74) is 3.48. The summed E-state index contributed by atoms with van der Waals surface area (Å²) in [5, 5.41) is 0. The molecule has 0 spiro atoms. The molecule has 0 saturated heterocycles. The third-order valence-electron chi connectivity index (χ3n) is 2.19. The molecule has 0 aromatic heterocycles. The molecule has 0 aromatic carbocycles. The number of allylic oxidation sites excluding steroid dienone is 6. The first kappa shape index (κ1) is 8.94. The van der Waals surface area contributed by atoms with E-state index in [1.54, 1.807) is 6.92 Å². The summed E-state index contributed by atoms with van der Waals surface area (Å²) >= 11 is 0.113. The molecule has 0 radical (unpaired) electrons. The van der Waals surface area contributed by atoms with Crippen molar-refractivity contribution in [3.8, 4) is 0 Å². The van der Waals surface area contributed by atoms with Gasteiger partial charge in [-0.3, -0.25) is 0 Å². The summed E-state index contributed by atoms with van der Waals surface area (Å²) in [7, 11) is 0. The van der Waals surface area contributed by atoms with E-state index in [0.29, 0.717) is 0 Å². The predicted octanol–water partition coefficient (Wildman–Crippen LogP) is -0.668. The predicted molar refractivity (Wildman–Crippen MR) is 48.7 cm³/mol. The fourth-order valence-corrected chi connectivity index (χ4v) is 2.91. The fourth-order valence-electron chi connectivity index (χ4n) is 1.43. The van der Waals surface area contributed by atoms with Gasteiger partial charge >= 0.3 is 88.2 Å². The summed E-state index contributed by atoms with van der Waals surface area (Å²) in [6.45, 7) is 1.64. The number of carbonyl (C=O) groups excluding carboxylic acids is 1. The van der Waals surface area contributed by atoms with Gasteiger partial charge in [-0.25, -0.2) is 0 Å². The average Bonchev–Trinajstić information content (AvgIpc) is 2.38. The SMILES string of the molecule is CC(=O)C1=CC2=C(C=C[I-]C=C2)C1. The zero-order chi connectivity index (χ0) is 9.26. The van der Waals surface area contributed by atoms with Crippen molar-refractivity contribution < 1.29 is 26.0 Å². The molecular weight excluding hydrogens is 275 g/mol. The Morgan fingerprint density at radius 1 is 1.38 bits per heavy atom. The average molecular weight is 285 g/mol. The number of hydrogen-bond donors (Lipinski definition) is 0. The Kier molecular flexibility index (Phi) is 2.49. The second-order valence-electron chi connectivity index (χ2n) is 3.09. The summed E-state index contributed by atoms with van der Waals surface area (Å²) < 4.78 is 4.48. The van der Waals surface area contributed by atoms with Crippen molar-refractivity contribution in [3.05, 3.63) is 43.1 Å². The molecule has 0 N–H and O–H groups in total. The Balaban J connectivity index is 2.31. The molecule has 0 saturated carbocycles. The first-order valence-electron chi connectivity index (χ1n) is 4.17. The monoisotopic (exact) mass is 285 g/mol. The Bertz CT molecular complexity index is 370. The summed E-state index contributed by atoms with van der Waals surface area (Å²) in [6.07, 6.45) is 7.18. The maximum absolute atomic E-state index is 11.1. The van der Waals surface area contributed by atoms with Crippen LogP contribution in [0.5, 0.6) is 0 Å². The maximum atomic E-state index is 11.1. The van der Waals surface area contributed by atoms with Crippen LogP contribution in [-0.2, 0) is 4.79 Å². The molecule has 0 atom stereocenters. The van der Waals surface area contributed by atoms with E-state index in [4.69, 9.17) is 0 Å². The van der Waals surface area contributed by atoms with Crippen LogP contribution in [0.25, 0.3) is 0 Å². The Morgan fingerprint density at radius 3 is 2.92 bits per heavy atom. The minimum absolute atomic E-state index is 0.113. The van der Waals surface area contributed by atoms with Crippen molar-refractivity contribution in [3.63, 3.8) is 0 Å². The van der Waals surface area contributed by atoms with Crippen LogP contribution in [0, 0.1) is 0 Å². The summed E-state index contributed by atoms with van der Waals surface area (Å²) in [4.78, 5) is 11.1. The van der Waals surface area contributed by atoms with Crippen LogP contribution in [0.3, 0.4) is 0 Å². The zero-order valence-electron chi connectivity index (χ0n) is 7.38. The molecule has 2 rings (SSSR count). The van der Waals surface area contributed by atoms with Gasteiger partial charge in [0.1, 0.15) is 0 Å². The minimum atomic E-state index is 0.113. The van der Waals surface area contributed by atoms with Crippen LogP contribution < -0.4 is 21.2 Å². The van der Waals surface area contributed by atoms with Crippen LogP contribution in [0.2, 0.25) is 0 Å². The summed E-state index contributed by atoms with van der Waals surface area (Å²) in [5.74, 6) is 0.199. The topological polar surface area (TPSA) is 17.1 Å². The molecule has 1 aliphatic carbocycles. The number of carbonyl (C=O) groups is 1. The second kappa shape index (κ2) is 3.62. The molecule has 1 heterocycles. The van der Waals surface area contributed by atoms with E-state index in [1.165, 1.54) is 11.1 Å². The number of halogens is 1. The molecule has 1 nitrogen and oxygen atoms in total. The molecule has 0 bridgehead atoms. The van der Waals surface area contributed by atoms with E-state index in [1.807, 2.05) is 6.08 Å². The first-order chi connectivity index (χ1) is 6.27. The molecule has 0 unspecified atom stereocenters. The first-order valence-corrected chi connectivity index (χ1v) is 6.66. The molecular formula is C11H10IO-. The van der Waals surface area contributed by atoms with Gasteiger partial charge in [-0.05, 0) is 0 Å². The van der Waals surface area contributed by atoms with E-state index in [9.17, 15) is 4.79 Å². The quantitative estimate of drug-likeness (QED) is 0.584. The van der Waals surface area contributed by atoms with Crippen molar-refractivity contribution in [1.29, 1.82) is 0 Å². The molecule has 68 valence electrons. The van der Waals surface area contributed by atoms with Crippen LogP contribution in [-0.4, -0.2) is 5.78 Å². The van der Waals surface area contributed by atoms with Gasteiger partial charge in [-0.1, -0.05) is 0 Å². The van der Waals surface area contributed by atoms with Crippen molar-refractivity contribution >= 4 is 5.78 Å². The molecule has 13 heavy (non-hydrogen) atoms. The molecule has 0 aromatic rings. The van der Waals surface area contributed by atoms with Gasteiger partial charge in [0.2, 0.25) is 0 Å². The number of hydrogen-bond acceptors (Lipinski definition) is 1. The van der Waals surface area contributed by atoms with Gasteiger partial charge in [-0.2, -0.15) is 0 Å². The molecule has 0 amide bonds. The number of rotatable bonds is 1. The number of Topliss-reactive ketones (excluding diaryl/α,β-unsaturated/α-hetero) is 1. The van der Waals surface area contributed by atoms with Crippen LogP contribution >= 0.6 is 0 Å². The van der Waals surface area contributed by atoms with Gasteiger partial charge in [0.15, 0.2) is 0 Å². The zero-order valence-corrected chi connectivity index (χ0v) is 9.54. The van der Waals surface area contributed by atoms with E-state index < -0.39 is 0 Å². The van der Waals surface area contributed by atoms with Gasteiger partial charge in [-0.15, -0.1) is 0 Å². The van der Waals surface area contributed by atoms with E-state index in [-0.39, 0.29) is 27.0 Å². The summed E-state index contributed by atoms with van der Waals surface area (Å²) in [6, 6.07) is 0. The van der Waals surface area contributed by atoms with Crippen molar-refractivity contribution in [2.45, 2.75) is 13.3 Å². The van der Waals surface area contributed by atoms with Crippen molar-refractivity contribution in [1.82, 2.24) is 0 Å². The van der Waals surface area contributed by atoms with E-state index in [2.05, 4.69) is 20.3 Å². The van der Waals surface area contributed by atoms with Crippen molar-refractivity contribution in [2.24, 2.45) is 0 Å². The molecule has 2 heteroatoms. The van der Waals surface area contributed by atoms with Crippen LogP contribution in [0.4, 0.5) is 0 Å². The van der Waals surface area contributed by atoms with E-state index in [0.717, 1.165) is 12.0 Å². The van der Waals surface area contributed by atoms with Crippen LogP contribution in [0.15, 0.2) is 43.1 Å². The third-order valence-corrected chi connectivity index (χ3v) is 3.74. The fraction of sp³-hybridized carbons (Fsp3) is 0.182. The third kappa shape index (κ3) is 1.82. The van der Waals surface area contributed by atoms with Gasteiger partial charge in [0.05, 0.1) is 0 Å². The van der Waals surface area contributed by atoms with Gasteiger partial charge in [0.25, 0.3) is 0 Å². The van der Waals surface area contributed by atoms with Crippen molar-refractivity contribution in [2.75, 3.05) is 0 Å². The van der Waals surface area contributed by atoms with Gasteiger partial charge in [0, 0.05) is 0 Å². The second-order valence-corrected chi connectivity index (χ2v) is 5.25. The molecule has 0 fully saturated rings. The standard InChI is InChI=1S/C11H10IO/c1-8(13)11-6-9-2-4-12-5-3-10(9)7-11/h2-6H,7H2,1H3/q-1. The Morgan fingerprint density at radius 2 is 2.15 bits per heavy atom. The number of ketones is 1. The van der Waals surface area contributed by atoms with Crippen LogP contribution in [0.1, 0.15) is 13.3 Å².